The van der Waals surface area contributed by atoms with E-state index in [1.54, 1.807) is 0 Å². The number of aromatic nitrogens is 2. The lowest BCUT2D eigenvalue weighted by Gasteiger charge is -2.25. The topological polar surface area (TPSA) is 105 Å². The molecule has 0 radical (unpaired) electrons. The molecule has 1 aromatic heterocycles. The van der Waals surface area contributed by atoms with Gasteiger partial charge < -0.3 is 4.42 Å². The fraction of sp³-hybridized carbons (Fsp3) is 0.250. The van der Waals surface area contributed by atoms with E-state index in [2.05, 4.69) is 31.4 Å². The third kappa shape index (κ3) is 4.45. The van der Waals surface area contributed by atoms with E-state index in [4.69, 9.17) is 4.42 Å². The smallest absolute Gasteiger partial charge is 0.322 e. The van der Waals surface area contributed by atoms with Crippen LogP contribution in [0.4, 0.5) is 6.01 Å². The number of carbonyl (C=O) groups excluding carboxylic acids is 1. The third-order valence-electron chi connectivity index (χ3n) is 4.79. The molecular weight excluding hydrogens is 472 g/mol. The van der Waals surface area contributed by atoms with Crippen molar-refractivity contribution in [3.63, 3.8) is 0 Å². The van der Waals surface area contributed by atoms with Gasteiger partial charge in [-0.3, -0.25) is 10.1 Å². The van der Waals surface area contributed by atoms with Gasteiger partial charge in [-0.15, -0.1) is 5.10 Å². The highest BCUT2D eigenvalue weighted by Gasteiger charge is 2.26. The molecule has 2 aromatic carbocycles. The molecule has 0 atom stereocenters. The van der Waals surface area contributed by atoms with Crippen molar-refractivity contribution in [3.05, 3.63) is 58.6 Å². The predicted octanol–water partition coefficient (Wildman–Crippen LogP) is 3.93. The molecule has 0 unspecified atom stereocenters. The highest BCUT2D eigenvalue weighted by atomic mass is 79.9. The summed E-state index contributed by atoms with van der Waals surface area (Å²) in [5.41, 5.74) is 0.999. The average Bonchev–Trinajstić information content (AvgIpc) is 3.23. The quantitative estimate of drug-likeness (QED) is 0.580. The lowest BCUT2D eigenvalue weighted by Crippen LogP contribution is -2.35. The van der Waals surface area contributed by atoms with Crippen LogP contribution in [-0.2, 0) is 10.0 Å². The Morgan fingerprint density at radius 3 is 2.47 bits per heavy atom. The summed E-state index contributed by atoms with van der Waals surface area (Å²) in [4.78, 5) is 12.6. The first kappa shape index (κ1) is 20.7. The molecule has 4 rings (SSSR count). The van der Waals surface area contributed by atoms with Crippen LogP contribution in [0.1, 0.15) is 29.6 Å². The molecular formula is C20H19BrN4O4S. The largest absolute Gasteiger partial charge is 0.403 e. The normalized spacial score (nSPS) is 15.1. The minimum absolute atomic E-state index is 0.0417. The molecule has 10 heteroatoms. The van der Waals surface area contributed by atoms with Crippen molar-refractivity contribution >= 4 is 37.9 Å². The van der Waals surface area contributed by atoms with E-state index in [1.807, 2.05) is 24.3 Å². The molecule has 1 aliphatic rings. The molecule has 0 spiro atoms. The van der Waals surface area contributed by atoms with Gasteiger partial charge in [0, 0.05) is 28.7 Å². The number of nitrogens with zero attached hydrogens (tertiary/aromatic N) is 3. The number of nitrogens with one attached hydrogen (secondary N) is 1. The van der Waals surface area contributed by atoms with Crippen LogP contribution in [0.5, 0.6) is 0 Å². The highest BCUT2D eigenvalue weighted by Crippen LogP contribution is 2.24. The first-order chi connectivity index (χ1) is 14.4. The van der Waals surface area contributed by atoms with E-state index >= 15 is 0 Å². The van der Waals surface area contributed by atoms with Gasteiger partial charge in [-0.05, 0) is 55.3 Å². The van der Waals surface area contributed by atoms with E-state index in [1.165, 1.54) is 28.6 Å². The Morgan fingerprint density at radius 1 is 1.03 bits per heavy atom. The average molecular weight is 491 g/mol. The molecule has 1 fully saturated rings. The summed E-state index contributed by atoms with van der Waals surface area (Å²) < 4.78 is 33.3. The minimum atomic E-state index is -3.54. The fourth-order valence-corrected chi connectivity index (χ4v) is 5.13. The SMILES string of the molecule is O=C(Nc1nnc(-c2cccc(Br)c2)o1)c1ccc(S(=O)(=O)N2CCCCC2)cc1. The number of rotatable bonds is 5. The van der Waals surface area contributed by atoms with E-state index in [0.29, 0.717) is 18.7 Å². The van der Waals surface area contributed by atoms with Crippen molar-refractivity contribution < 1.29 is 17.6 Å². The van der Waals surface area contributed by atoms with Crippen molar-refractivity contribution in [1.29, 1.82) is 0 Å². The van der Waals surface area contributed by atoms with Crippen molar-refractivity contribution in [2.75, 3.05) is 18.4 Å². The second kappa shape index (κ2) is 8.66. The second-order valence-electron chi connectivity index (χ2n) is 6.87. The van der Waals surface area contributed by atoms with Gasteiger partial charge in [0.1, 0.15) is 0 Å². The number of carbonyl (C=O) groups is 1. The van der Waals surface area contributed by atoms with Crippen molar-refractivity contribution in [1.82, 2.24) is 14.5 Å². The zero-order valence-electron chi connectivity index (χ0n) is 15.9. The van der Waals surface area contributed by atoms with Crippen LogP contribution >= 0.6 is 15.9 Å². The van der Waals surface area contributed by atoms with Gasteiger partial charge in [-0.25, -0.2) is 8.42 Å². The molecule has 1 saturated heterocycles. The molecule has 3 aromatic rings. The van der Waals surface area contributed by atoms with Crippen molar-refractivity contribution in [2.24, 2.45) is 0 Å². The van der Waals surface area contributed by atoms with Gasteiger partial charge >= 0.3 is 6.01 Å². The van der Waals surface area contributed by atoms with E-state index in [-0.39, 0.29) is 22.4 Å². The van der Waals surface area contributed by atoms with Crippen LogP contribution in [-0.4, -0.2) is 41.9 Å². The summed E-state index contributed by atoms with van der Waals surface area (Å²) in [5.74, 6) is -0.198. The molecule has 1 amide bonds. The fourth-order valence-electron chi connectivity index (χ4n) is 3.21. The number of benzene rings is 2. The number of hydrogen-bond donors (Lipinski definition) is 1. The maximum Gasteiger partial charge on any atom is 0.322 e. The maximum atomic E-state index is 12.7. The molecule has 156 valence electrons. The predicted molar refractivity (Wildman–Crippen MR) is 114 cm³/mol. The number of piperidine rings is 1. The summed E-state index contributed by atoms with van der Waals surface area (Å²) in [6.45, 7) is 1.06. The van der Waals surface area contributed by atoms with Gasteiger partial charge in [-0.2, -0.15) is 4.31 Å². The van der Waals surface area contributed by atoms with E-state index < -0.39 is 15.9 Å². The number of anilines is 1. The van der Waals surface area contributed by atoms with Crippen molar-refractivity contribution in [2.45, 2.75) is 24.2 Å². The Bertz CT molecular complexity index is 1160. The molecule has 1 N–H and O–H groups in total. The standard InChI is InChI=1S/C20H19BrN4O4S/c21-16-6-4-5-15(13-16)19-23-24-20(29-19)22-18(26)14-7-9-17(10-8-14)30(27,28)25-11-2-1-3-12-25/h4-10,13H,1-3,11-12H2,(H,22,24,26). The lowest BCUT2D eigenvalue weighted by atomic mass is 10.2. The van der Waals surface area contributed by atoms with E-state index in [0.717, 1.165) is 23.7 Å². The van der Waals surface area contributed by atoms with E-state index in [9.17, 15) is 13.2 Å². The highest BCUT2D eigenvalue weighted by molar-refractivity contribution is 9.10. The van der Waals surface area contributed by atoms with Crippen LogP contribution in [0.3, 0.4) is 0 Å². The van der Waals surface area contributed by atoms with Gasteiger partial charge in [-0.1, -0.05) is 33.5 Å². The molecule has 1 aliphatic heterocycles. The van der Waals surface area contributed by atoms with Crippen molar-refractivity contribution in [3.8, 4) is 11.5 Å². The van der Waals surface area contributed by atoms with Crippen LogP contribution in [0, 0.1) is 0 Å². The van der Waals surface area contributed by atoms with Gasteiger partial charge in [0.2, 0.25) is 15.9 Å². The summed E-state index contributed by atoms with van der Waals surface area (Å²) >= 11 is 3.38. The Balaban J connectivity index is 1.45. The lowest BCUT2D eigenvalue weighted by molar-refractivity contribution is 0.102. The van der Waals surface area contributed by atoms with Gasteiger partial charge in [0.25, 0.3) is 5.91 Å². The Morgan fingerprint density at radius 2 is 1.77 bits per heavy atom. The maximum absolute atomic E-state index is 12.7. The Labute approximate surface area is 182 Å². The van der Waals surface area contributed by atoms with Crippen LogP contribution in [0.15, 0.2) is 62.3 Å². The first-order valence-electron chi connectivity index (χ1n) is 9.44. The molecule has 0 aliphatic carbocycles. The second-order valence-corrected chi connectivity index (χ2v) is 9.72. The Kier molecular flexibility index (Phi) is 5.98. The molecule has 2 heterocycles. The summed E-state index contributed by atoms with van der Waals surface area (Å²) in [5, 5.41) is 10.3. The van der Waals surface area contributed by atoms with Gasteiger partial charge in [0.05, 0.1) is 4.90 Å². The van der Waals surface area contributed by atoms with Crippen LogP contribution in [0.2, 0.25) is 0 Å². The monoisotopic (exact) mass is 490 g/mol. The van der Waals surface area contributed by atoms with Gasteiger partial charge in [0.15, 0.2) is 0 Å². The third-order valence-corrected chi connectivity index (χ3v) is 7.19. The number of sulfonamides is 1. The number of hydrogen-bond acceptors (Lipinski definition) is 6. The minimum Gasteiger partial charge on any atom is -0.403 e. The molecule has 0 saturated carbocycles. The zero-order chi connectivity index (χ0) is 21.1. The van der Waals surface area contributed by atoms with Crippen LogP contribution < -0.4 is 5.32 Å². The Hall–Kier alpha value is -2.56. The number of halogens is 1. The zero-order valence-corrected chi connectivity index (χ0v) is 18.3. The molecule has 30 heavy (non-hydrogen) atoms. The number of amides is 1. The summed E-state index contributed by atoms with van der Waals surface area (Å²) in [7, 11) is -3.54. The van der Waals surface area contributed by atoms with Crippen LogP contribution in [0.25, 0.3) is 11.5 Å². The summed E-state index contributed by atoms with van der Waals surface area (Å²) in [6.07, 6.45) is 2.78. The molecule has 0 bridgehead atoms. The first-order valence-corrected chi connectivity index (χ1v) is 11.7. The summed E-state index contributed by atoms with van der Waals surface area (Å²) in [6, 6.07) is 13.1. The molecule has 8 nitrogen and oxygen atoms in total.